The number of nitrogens with one attached hydrogen (secondary N) is 1. The van der Waals surface area contributed by atoms with E-state index >= 15 is 0 Å². The van der Waals surface area contributed by atoms with E-state index in [9.17, 15) is 0 Å². The second-order valence-electron chi connectivity index (χ2n) is 6.10. The van der Waals surface area contributed by atoms with E-state index in [1.165, 1.54) is 55.5 Å². The van der Waals surface area contributed by atoms with E-state index in [2.05, 4.69) is 31.3 Å². The van der Waals surface area contributed by atoms with Crippen molar-refractivity contribution >= 4 is 0 Å². The SMILES string of the molecule is CNC(CCc1c(C)nn(C)c1C)C1CCCCC1. The fourth-order valence-corrected chi connectivity index (χ4v) is 3.63. The Balaban J connectivity index is 1.95. The van der Waals surface area contributed by atoms with Crippen molar-refractivity contribution in [3.8, 4) is 0 Å². The Morgan fingerprint density at radius 3 is 2.47 bits per heavy atom. The first-order valence-corrected chi connectivity index (χ1v) is 7.79. The van der Waals surface area contributed by atoms with Crippen LogP contribution in [0.5, 0.6) is 0 Å². The van der Waals surface area contributed by atoms with Gasteiger partial charge in [0.2, 0.25) is 0 Å². The normalized spacial score (nSPS) is 18.7. The monoisotopic (exact) mass is 263 g/mol. The summed E-state index contributed by atoms with van der Waals surface area (Å²) in [6.45, 7) is 4.32. The summed E-state index contributed by atoms with van der Waals surface area (Å²) in [6, 6.07) is 0.680. The van der Waals surface area contributed by atoms with Gasteiger partial charge in [-0.2, -0.15) is 5.10 Å². The Morgan fingerprint density at radius 2 is 1.95 bits per heavy atom. The molecule has 2 rings (SSSR count). The maximum atomic E-state index is 4.52. The maximum Gasteiger partial charge on any atom is 0.0628 e. The summed E-state index contributed by atoms with van der Waals surface area (Å²) >= 11 is 0. The second-order valence-corrected chi connectivity index (χ2v) is 6.10. The number of nitrogens with zero attached hydrogens (tertiary/aromatic N) is 2. The second kappa shape index (κ2) is 6.56. The van der Waals surface area contributed by atoms with Gasteiger partial charge >= 0.3 is 0 Å². The third-order valence-corrected chi connectivity index (χ3v) is 4.95. The fourth-order valence-electron chi connectivity index (χ4n) is 3.63. The average molecular weight is 263 g/mol. The van der Waals surface area contributed by atoms with Crippen LogP contribution in [0.25, 0.3) is 0 Å². The third kappa shape index (κ3) is 3.38. The summed E-state index contributed by atoms with van der Waals surface area (Å²) in [7, 11) is 4.17. The lowest BCUT2D eigenvalue weighted by molar-refractivity contribution is 0.268. The Bertz CT molecular complexity index is 402. The van der Waals surface area contributed by atoms with Crippen LogP contribution in [-0.4, -0.2) is 22.9 Å². The largest absolute Gasteiger partial charge is 0.317 e. The zero-order valence-corrected chi connectivity index (χ0v) is 13.0. The topological polar surface area (TPSA) is 29.9 Å². The molecule has 1 unspecified atom stereocenters. The molecule has 1 aliphatic rings. The highest BCUT2D eigenvalue weighted by Gasteiger charge is 2.22. The summed E-state index contributed by atoms with van der Waals surface area (Å²) in [5.74, 6) is 0.885. The van der Waals surface area contributed by atoms with Crippen molar-refractivity contribution in [1.82, 2.24) is 15.1 Å². The van der Waals surface area contributed by atoms with Crippen LogP contribution < -0.4 is 5.32 Å². The van der Waals surface area contributed by atoms with E-state index in [0.29, 0.717) is 6.04 Å². The van der Waals surface area contributed by atoms with Gasteiger partial charge in [0.1, 0.15) is 0 Å². The van der Waals surface area contributed by atoms with Crippen molar-refractivity contribution in [1.29, 1.82) is 0 Å². The average Bonchev–Trinajstić information content (AvgIpc) is 2.66. The number of aromatic nitrogens is 2. The summed E-state index contributed by atoms with van der Waals surface area (Å²) in [5.41, 5.74) is 3.99. The van der Waals surface area contributed by atoms with Gasteiger partial charge in [-0.3, -0.25) is 4.68 Å². The lowest BCUT2D eigenvalue weighted by Gasteiger charge is -2.30. The highest BCUT2D eigenvalue weighted by molar-refractivity contribution is 5.24. The quantitative estimate of drug-likeness (QED) is 0.884. The summed E-state index contributed by atoms with van der Waals surface area (Å²) in [4.78, 5) is 0. The predicted molar refractivity (Wildman–Crippen MR) is 80.4 cm³/mol. The maximum absolute atomic E-state index is 4.52. The Hall–Kier alpha value is -0.830. The molecule has 0 aliphatic heterocycles. The zero-order chi connectivity index (χ0) is 13.8. The molecule has 0 spiro atoms. The van der Waals surface area contributed by atoms with Crippen molar-refractivity contribution in [2.45, 2.75) is 64.8 Å². The van der Waals surface area contributed by atoms with Gasteiger partial charge in [-0.25, -0.2) is 0 Å². The zero-order valence-electron chi connectivity index (χ0n) is 13.0. The minimum atomic E-state index is 0.680. The van der Waals surface area contributed by atoms with Crippen molar-refractivity contribution in [2.24, 2.45) is 13.0 Å². The van der Waals surface area contributed by atoms with Gasteiger partial charge in [-0.05, 0) is 58.1 Å². The molecule has 0 amide bonds. The van der Waals surface area contributed by atoms with Crippen molar-refractivity contribution < 1.29 is 0 Å². The van der Waals surface area contributed by atoms with Crippen molar-refractivity contribution in [3.63, 3.8) is 0 Å². The van der Waals surface area contributed by atoms with E-state index < -0.39 is 0 Å². The van der Waals surface area contributed by atoms with Crippen LogP contribution in [0.4, 0.5) is 0 Å². The molecule has 1 fully saturated rings. The minimum absolute atomic E-state index is 0.680. The summed E-state index contributed by atoms with van der Waals surface area (Å²) in [5, 5.41) is 8.08. The molecule has 0 bridgehead atoms. The molecule has 1 aliphatic carbocycles. The minimum Gasteiger partial charge on any atom is -0.317 e. The van der Waals surface area contributed by atoms with Gasteiger partial charge in [0.15, 0.2) is 0 Å². The lowest BCUT2D eigenvalue weighted by atomic mass is 9.82. The standard InChI is InChI=1S/C16H29N3/c1-12-15(13(2)19(4)18-12)10-11-16(17-3)14-8-6-5-7-9-14/h14,16-17H,5-11H2,1-4H3. The molecule has 108 valence electrons. The van der Waals surface area contributed by atoms with Gasteiger partial charge < -0.3 is 5.32 Å². The van der Waals surface area contributed by atoms with Gasteiger partial charge in [0, 0.05) is 18.8 Å². The molecule has 1 aromatic rings. The van der Waals surface area contributed by atoms with Gasteiger partial charge in [-0.15, -0.1) is 0 Å². The smallest absolute Gasteiger partial charge is 0.0628 e. The molecule has 1 aromatic heterocycles. The van der Waals surface area contributed by atoms with Crippen LogP contribution >= 0.6 is 0 Å². The lowest BCUT2D eigenvalue weighted by Crippen LogP contribution is -2.35. The van der Waals surface area contributed by atoms with Crippen molar-refractivity contribution in [3.05, 3.63) is 17.0 Å². The van der Waals surface area contributed by atoms with Gasteiger partial charge in [0.05, 0.1) is 5.69 Å². The first-order valence-electron chi connectivity index (χ1n) is 7.79. The number of hydrogen-bond donors (Lipinski definition) is 1. The van der Waals surface area contributed by atoms with E-state index in [1.807, 2.05) is 11.7 Å². The van der Waals surface area contributed by atoms with E-state index in [4.69, 9.17) is 0 Å². The van der Waals surface area contributed by atoms with E-state index in [1.54, 1.807) is 0 Å². The molecule has 0 saturated heterocycles. The van der Waals surface area contributed by atoms with E-state index in [0.717, 1.165) is 12.3 Å². The van der Waals surface area contributed by atoms with Crippen LogP contribution in [0.3, 0.4) is 0 Å². The number of rotatable bonds is 5. The Morgan fingerprint density at radius 1 is 1.26 bits per heavy atom. The molecular formula is C16H29N3. The summed E-state index contributed by atoms with van der Waals surface area (Å²) < 4.78 is 2.01. The fraction of sp³-hybridized carbons (Fsp3) is 0.812. The van der Waals surface area contributed by atoms with Gasteiger partial charge in [0.25, 0.3) is 0 Å². The highest BCUT2D eigenvalue weighted by Crippen LogP contribution is 2.28. The molecule has 19 heavy (non-hydrogen) atoms. The van der Waals surface area contributed by atoms with E-state index in [-0.39, 0.29) is 0 Å². The summed E-state index contributed by atoms with van der Waals surface area (Å²) in [6.07, 6.45) is 9.52. The highest BCUT2D eigenvalue weighted by atomic mass is 15.3. The van der Waals surface area contributed by atoms with Crippen LogP contribution in [0.1, 0.15) is 55.5 Å². The molecular weight excluding hydrogens is 234 g/mol. The Kier molecular flexibility index (Phi) is 5.03. The molecule has 1 N–H and O–H groups in total. The van der Waals surface area contributed by atoms with Gasteiger partial charge in [-0.1, -0.05) is 19.3 Å². The first kappa shape index (κ1) is 14.6. The van der Waals surface area contributed by atoms with Crippen LogP contribution in [0.2, 0.25) is 0 Å². The first-order chi connectivity index (χ1) is 9.13. The predicted octanol–water partition coefficient (Wildman–Crippen LogP) is 3.14. The van der Waals surface area contributed by atoms with Crippen LogP contribution in [0, 0.1) is 19.8 Å². The molecule has 3 heteroatoms. The third-order valence-electron chi connectivity index (χ3n) is 4.95. The van der Waals surface area contributed by atoms with Crippen LogP contribution in [0.15, 0.2) is 0 Å². The molecule has 0 aromatic carbocycles. The molecule has 3 nitrogen and oxygen atoms in total. The van der Waals surface area contributed by atoms with Crippen molar-refractivity contribution in [2.75, 3.05) is 7.05 Å². The van der Waals surface area contributed by atoms with Crippen LogP contribution in [-0.2, 0) is 13.5 Å². The molecule has 0 radical (unpaired) electrons. The molecule has 1 atom stereocenters. The number of aryl methyl sites for hydroxylation is 2. The molecule has 1 heterocycles. The number of hydrogen-bond acceptors (Lipinski definition) is 2. The Labute approximate surface area is 117 Å². The molecule has 1 saturated carbocycles.